The van der Waals surface area contributed by atoms with E-state index < -0.39 is 5.97 Å². The van der Waals surface area contributed by atoms with Crippen LogP contribution >= 0.6 is 11.8 Å². The number of ether oxygens (including phenoxy) is 1. The van der Waals surface area contributed by atoms with Gasteiger partial charge in [0.15, 0.2) is 0 Å². The number of carbonyl (C=O) groups excluding carboxylic acids is 3. The van der Waals surface area contributed by atoms with Gasteiger partial charge in [0.1, 0.15) is 10.6 Å². The smallest absolute Gasteiger partial charge is 0.338 e. The Hall–Kier alpha value is -3.06. The predicted molar refractivity (Wildman–Crippen MR) is 138 cm³/mol. The zero-order valence-corrected chi connectivity index (χ0v) is 21.2. The van der Waals surface area contributed by atoms with Gasteiger partial charge in [-0.15, -0.1) is 0 Å². The van der Waals surface area contributed by atoms with E-state index in [1.54, 1.807) is 24.3 Å². The fourth-order valence-electron chi connectivity index (χ4n) is 4.53. The minimum atomic E-state index is -0.403. The van der Waals surface area contributed by atoms with Gasteiger partial charge in [-0.2, -0.15) is 0 Å². The third kappa shape index (κ3) is 5.61. The van der Waals surface area contributed by atoms with Crippen molar-refractivity contribution in [2.24, 2.45) is 0 Å². The van der Waals surface area contributed by atoms with Crippen molar-refractivity contribution in [3.8, 4) is 0 Å². The summed E-state index contributed by atoms with van der Waals surface area (Å²) in [5.74, 6) is -1.06. The molecule has 0 atom stereocenters. The lowest BCUT2D eigenvalue weighted by atomic mass is 9.94. The van der Waals surface area contributed by atoms with Crippen LogP contribution in [0.3, 0.4) is 0 Å². The molecule has 1 aliphatic carbocycles. The van der Waals surface area contributed by atoms with E-state index in [0.717, 1.165) is 43.4 Å². The number of esters is 1. The van der Waals surface area contributed by atoms with E-state index in [0.29, 0.717) is 28.5 Å². The van der Waals surface area contributed by atoms with E-state index in [1.807, 2.05) is 49.2 Å². The molecule has 2 aliphatic rings. The number of benzene rings is 2. The lowest BCUT2D eigenvalue weighted by Gasteiger charge is -2.33. The Labute approximate surface area is 211 Å². The Balaban J connectivity index is 1.61. The van der Waals surface area contributed by atoms with Gasteiger partial charge in [-0.3, -0.25) is 9.59 Å². The van der Waals surface area contributed by atoms with Crippen molar-refractivity contribution in [1.82, 2.24) is 4.90 Å². The van der Waals surface area contributed by atoms with Gasteiger partial charge < -0.3 is 9.64 Å². The highest BCUT2D eigenvalue weighted by atomic mass is 32.2. The van der Waals surface area contributed by atoms with Crippen molar-refractivity contribution in [2.75, 3.05) is 18.6 Å². The number of anilines is 1. The summed E-state index contributed by atoms with van der Waals surface area (Å²) >= 11 is 1.33. The molecule has 2 aromatic carbocycles. The zero-order valence-electron chi connectivity index (χ0n) is 20.4. The van der Waals surface area contributed by atoms with Crippen LogP contribution in [0.1, 0.15) is 62.2 Å². The van der Waals surface area contributed by atoms with E-state index in [1.165, 1.54) is 23.1 Å². The molecule has 0 aromatic heterocycles. The average Bonchev–Trinajstić information content (AvgIpc) is 3.13. The molecule has 0 bridgehead atoms. The molecule has 0 spiro atoms. The monoisotopic (exact) mass is 492 g/mol. The van der Waals surface area contributed by atoms with Crippen LogP contribution in [0.4, 0.5) is 5.69 Å². The molecule has 1 saturated carbocycles. The topological polar surface area (TPSA) is 66.9 Å². The summed E-state index contributed by atoms with van der Waals surface area (Å²) in [5, 5.41) is 0. The molecule has 0 radical (unpaired) electrons. The van der Waals surface area contributed by atoms with Crippen LogP contribution in [-0.4, -0.2) is 42.4 Å². The number of rotatable bonds is 9. The molecular formula is C28H32N2O4S. The zero-order chi connectivity index (χ0) is 24.8. The van der Waals surface area contributed by atoms with Crippen LogP contribution in [0.15, 0.2) is 70.1 Å². The van der Waals surface area contributed by atoms with Crippen molar-refractivity contribution in [3.05, 3.63) is 70.8 Å². The molecule has 0 saturated heterocycles. The summed E-state index contributed by atoms with van der Waals surface area (Å²) in [7, 11) is 1.93. The molecule has 184 valence electrons. The molecule has 2 aromatic rings. The SMILES string of the molecule is CCCCOC(=O)c1ccc(N2C(=O)C(Sc3ccccc3)=C(N(C)C3CCCCC3)C2=O)cc1. The second-order valence-corrected chi connectivity index (χ2v) is 10.1. The van der Waals surface area contributed by atoms with Crippen LogP contribution in [0.5, 0.6) is 0 Å². The highest BCUT2D eigenvalue weighted by molar-refractivity contribution is 8.04. The van der Waals surface area contributed by atoms with Gasteiger partial charge in [0.25, 0.3) is 11.8 Å². The number of hydrogen-bond donors (Lipinski definition) is 0. The third-order valence-electron chi connectivity index (χ3n) is 6.55. The summed E-state index contributed by atoms with van der Waals surface area (Å²) in [5.41, 5.74) is 1.30. The number of likely N-dealkylation sites (N-methyl/N-ethyl adjacent to an activating group) is 1. The first-order valence-corrected chi connectivity index (χ1v) is 13.2. The number of nitrogens with zero attached hydrogens (tertiary/aromatic N) is 2. The van der Waals surface area contributed by atoms with Crippen molar-refractivity contribution in [3.63, 3.8) is 0 Å². The second kappa shape index (κ2) is 11.6. The molecular weight excluding hydrogens is 460 g/mol. The minimum absolute atomic E-state index is 0.238. The van der Waals surface area contributed by atoms with Crippen molar-refractivity contribution in [2.45, 2.75) is 62.8 Å². The van der Waals surface area contributed by atoms with Gasteiger partial charge in [0, 0.05) is 18.0 Å². The number of amides is 2. The van der Waals surface area contributed by atoms with Crippen LogP contribution < -0.4 is 4.90 Å². The van der Waals surface area contributed by atoms with Gasteiger partial charge in [-0.25, -0.2) is 9.69 Å². The highest BCUT2D eigenvalue weighted by Crippen LogP contribution is 2.40. The molecule has 1 heterocycles. The van der Waals surface area contributed by atoms with Gasteiger partial charge in [0.2, 0.25) is 0 Å². The molecule has 6 nitrogen and oxygen atoms in total. The van der Waals surface area contributed by atoms with Crippen LogP contribution in [-0.2, 0) is 14.3 Å². The summed E-state index contributed by atoms with van der Waals surface area (Å²) in [6, 6.07) is 16.4. The quantitative estimate of drug-likeness (QED) is 0.251. The molecule has 2 amide bonds. The third-order valence-corrected chi connectivity index (χ3v) is 7.63. The number of imide groups is 1. The van der Waals surface area contributed by atoms with Gasteiger partial charge >= 0.3 is 5.97 Å². The van der Waals surface area contributed by atoms with Crippen molar-refractivity contribution < 1.29 is 19.1 Å². The summed E-state index contributed by atoms with van der Waals surface area (Å²) in [4.78, 5) is 44.2. The van der Waals surface area contributed by atoms with Crippen molar-refractivity contribution >= 4 is 35.2 Å². The first-order chi connectivity index (χ1) is 17.0. The molecule has 35 heavy (non-hydrogen) atoms. The summed E-state index contributed by atoms with van der Waals surface area (Å²) in [6.45, 7) is 2.41. The van der Waals surface area contributed by atoms with Gasteiger partial charge in [-0.1, -0.05) is 62.6 Å². The number of unbranched alkanes of at least 4 members (excludes halogenated alkanes) is 1. The maximum absolute atomic E-state index is 13.7. The molecule has 0 unspecified atom stereocenters. The van der Waals surface area contributed by atoms with E-state index in [9.17, 15) is 14.4 Å². The lowest BCUT2D eigenvalue weighted by Crippen LogP contribution is -2.38. The number of hydrogen-bond acceptors (Lipinski definition) is 6. The fraction of sp³-hybridized carbons (Fsp3) is 0.393. The summed E-state index contributed by atoms with van der Waals surface area (Å²) in [6.07, 6.45) is 7.25. The Kier molecular flexibility index (Phi) is 8.29. The Morgan fingerprint density at radius 2 is 1.69 bits per heavy atom. The van der Waals surface area contributed by atoms with E-state index >= 15 is 0 Å². The Morgan fingerprint density at radius 1 is 1.00 bits per heavy atom. The first-order valence-electron chi connectivity index (χ1n) is 12.4. The normalized spacial score (nSPS) is 16.7. The molecule has 4 rings (SSSR count). The van der Waals surface area contributed by atoms with Crippen LogP contribution in [0.2, 0.25) is 0 Å². The predicted octanol–water partition coefficient (Wildman–Crippen LogP) is 5.79. The Morgan fingerprint density at radius 3 is 2.34 bits per heavy atom. The van der Waals surface area contributed by atoms with E-state index in [-0.39, 0.29) is 17.9 Å². The Bertz CT molecular complexity index is 1090. The van der Waals surface area contributed by atoms with Gasteiger partial charge in [0.05, 0.1) is 17.9 Å². The van der Waals surface area contributed by atoms with E-state index in [2.05, 4.69) is 0 Å². The van der Waals surface area contributed by atoms with Crippen LogP contribution in [0, 0.1) is 0 Å². The summed E-state index contributed by atoms with van der Waals surface area (Å²) < 4.78 is 5.27. The van der Waals surface area contributed by atoms with Crippen molar-refractivity contribution in [1.29, 1.82) is 0 Å². The maximum Gasteiger partial charge on any atom is 0.338 e. The molecule has 1 aliphatic heterocycles. The van der Waals surface area contributed by atoms with E-state index in [4.69, 9.17) is 4.74 Å². The van der Waals surface area contributed by atoms with Crippen LogP contribution in [0.25, 0.3) is 0 Å². The first kappa shape index (κ1) is 25.0. The number of thioether (sulfide) groups is 1. The molecule has 7 heteroatoms. The lowest BCUT2D eigenvalue weighted by molar-refractivity contribution is -0.121. The fourth-order valence-corrected chi connectivity index (χ4v) is 5.57. The number of carbonyl (C=O) groups is 3. The molecule has 0 N–H and O–H groups in total. The minimum Gasteiger partial charge on any atom is -0.462 e. The van der Waals surface area contributed by atoms with Gasteiger partial charge in [-0.05, 0) is 55.7 Å². The highest BCUT2D eigenvalue weighted by Gasteiger charge is 2.43. The maximum atomic E-state index is 13.7. The largest absolute Gasteiger partial charge is 0.462 e. The standard InChI is InChI=1S/C28H32N2O4S/c1-3-4-19-34-28(33)20-15-17-22(18-16-20)30-26(31)24(29(2)21-11-7-5-8-12-21)25(27(30)32)35-23-13-9-6-10-14-23/h6,9-10,13-18,21H,3-5,7-8,11-12,19H2,1-2H3. The molecule has 1 fully saturated rings. The second-order valence-electron chi connectivity index (χ2n) is 8.98. The average molecular weight is 493 g/mol.